The zero-order chi connectivity index (χ0) is 49.4. The van der Waals surface area contributed by atoms with E-state index in [9.17, 15) is 0 Å². The van der Waals surface area contributed by atoms with Crippen LogP contribution in [0.1, 0.15) is 0 Å². The van der Waals surface area contributed by atoms with E-state index < -0.39 is 0 Å². The normalized spacial score (nSPS) is 11.7. The monoisotopic (exact) mass is 957 g/mol. The number of hydrogen-bond donors (Lipinski definition) is 0. The highest BCUT2D eigenvalue weighted by atomic mass is 15.2. The quantitative estimate of drug-likeness (QED) is 0.144. The van der Waals surface area contributed by atoms with E-state index in [2.05, 4.69) is 309 Å². The maximum absolute atomic E-state index is 2.44. The second kappa shape index (κ2) is 17.3. The maximum atomic E-state index is 2.44. The number of rotatable bonds is 9. The first-order chi connectivity index (χ1) is 37.2. The Morgan fingerprint density at radius 1 is 0.187 bits per heavy atom. The van der Waals surface area contributed by atoms with Gasteiger partial charge in [0.25, 0.3) is 0 Å². The van der Waals surface area contributed by atoms with E-state index in [0.29, 0.717) is 0 Å². The molecular formula is C70H47N5. The molecule has 0 spiro atoms. The fourth-order valence-electron chi connectivity index (χ4n) is 11.8. The van der Waals surface area contributed by atoms with Crippen molar-refractivity contribution in [2.45, 2.75) is 0 Å². The molecule has 0 saturated heterocycles. The Morgan fingerprint density at radius 3 is 0.933 bits per heavy atom. The van der Waals surface area contributed by atoms with Gasteiger partial charge in [0.15, 0.2) is 0 Å². The summed E-state index contributed by atoms with van der Waals surface area (Å²) in [7, 11) is 0. The fourth-order valence-corrected chi connectivity index (χ4v) is 11.8. The van der Waals surface area contributed by atoms with Crippen molar-refractivity contribution in [2.75, 3.05) is 9.80 Å². The fraction of sp³-hybridized carbons (Fsp3) is 0. The number of nitrogens with zero attached hydrogens (tertiary/aromatic N) is 5. The number of benzene rings is 12. The van der Waals surface area contributed by atoms with E-state index in [1.807, 2.05) is 0 Å². The van der Waals surface area contributed by atoms with Gasteiger partial charge in [0.1, 0.15) is 0 Å². The molecule has 0 amide bonds. The molecule has 0 atom stereocenters. The standard InChI is InChI=1S/C70H47N5/c1-5-21-50(22-6-1)71(55-35-39-67-61(44-55)59-29-15-17-31-65(59)73(67)52-25-9-3-10-26-52)57-37-41-69-63(46-57)64-47-58(38-42-70(64)75(69)54-34-33-48-19-13-14-20-49(48)43-54)72(51-23-7-2-8-24-51)56-36-40-68-62(45-56)60-30-16-18-32-66(60)74(68)53-27-11-4-12-28-53/h1-47H. The van der Waals surface area contributed by atoms with Crippen LogP contribution in [0.2, 0.25) is 0 Å². The third-order valence-electron chi connectivity index (χ3n) is 15.1. The van der Waals surface area contributed by atoms with E-state index >= 15 is 0 Å². The molecule has 75 heavy (non-hydrogen) atoms. The van der Waals surface area contributed by atoms with Crippen LogP contribution in [0.15, 0.2) is 285 Å². The number of fused-ring (bicyclic) bond motifs is 10. The molecule has 0 aliphatic rings. The molecule has 5 nitrogen and oxygen atoms in total. The van der Waals surface area contributed by atoms with Crippen LogP contribution in [-0.2, 0) is 0 Å². The summed E-state index contributed by atoms with van der Waals surface area (Å²) >= 11 is 0. The average molecular weight is 958 g/mol. The van der Waals surface area contributed by atoms with Crippen LogP contribution in [-0.4, -0.2) is 13.7 Å². The van der Waals surface area contributed by atoms with E-state index in [1.165, 1.54) is 54.4 Å². The van der Waals surface area contributed by atoms with Gasteiger partial charge in [0.2, 0.25) is 0 Å². The minimum Gasteiger partial charge on any atom is -0.310 e. The summed E-state index contributed by atoms with van der Waals surface area (Å²) in [5.74, 6) is 0. The third-order valence-corrected chi connectivity index (χ3v) is 15.1. The minimum atomic E-state index is 1.07. The van der Waals surface area contributed by atoms with Crippen LogP contribution in [0, 0.1) is 0 Å². The van der Waals surface area contributed by atoms with Crippen molar-refractivity contribution in [1.82, 2.24) is 13.7 Å². The Kier molecular flexibility index (Phi) is 9.82. The SMILES string of the molecule is c1ccc(N(c2ccc3c(c2)c2ccccc2n3-c2ccccc2)c2ccc3c(c2)c2cc(N(c4ccccc4)c4ccc5c(c4)c4ccccc4n5-c4ccccc4)ccc2n3-c2ccc3ccccc3c2)cc1. The summed E-state index contributed by atoms with van der Waals surface area (Å²) in [6, 6.07) is 104. The average Bonchev–Trinajstić information content (AvgIpc) is 4.11. The molecule has 0 radical (unpaired) electrons. The zero-order valence-electron chi connectivity index (χ0n) is 40.9. The lowest BCUT2D eigenvalue weighted by Crippen LogP contribution is -2.10. The summed E-state index contributed by atoms with van der Waals surface area (Å²) in [6.45, 7) is 0. The highest BCUT2D eigenvalue weighted by molar-refractivity contribution is 6.15. The Morgan fingerprint density at radius 2 is 0.507 bits per heavy atom. The summed E-state index contributed by atoms with van der Waals surface area (Å²) in [5, 5.41) is 9.59. The molecule has 5 heteroatoms. The third kappa shape index (κ3) is 6.93. The van der Waals surface area contributed by atoms with Crippen LogP contribution in [0.3, 0.4) is 0 Å². The summed E-state index contributed by atoms with van der Waals surface area (Å²) in [5.41, 5.74) is 16.9. The number of hydrogen-bond acceptors (Lipinski definition) is 2. The van der Waals surface area contributed by atoms with E-state index in [0.717, 1.165) is 73.0 Å². The molecule has 0 unspecified atom stereocenters. The van der Waals surface area contributed by atoms with Gasteiger partial charge in [-0.25, -0.2) is 0 Å². The van der Waals surface area contributed by atoms with E-state index in [4.69, 9.17) is 0 Å². The molecule has 3 heterocycles. The molecule has 0 aliphatic heterocycles. The molecule has 3 aromatic heterocycles. The Bertz CT molecular complexity index is 4390. The molecule has 15 aromatic rings. The smallest absolute Gasteiger partial charge is 0.0542 e. The molecule has 0 bridgehead atoms. The molecular weight excluding hydrogens is 911 g/mol. The highest BCUT2D eigenvalue weighted by Gasteiger charge is 2.23. The molecule has 12 aromatic carbocycles. The lowest BCUT2D eigenvalue weighted by Gasteiger charge is -2.26. The summed E-state index contributed by atoms with van der Waals surface area (Å²) in [4.78, 5) is 4.82. The van der Waals surface area contributed by atoms with Crippen molar-refractivity contribution < 1.29 is 0 Å². The Balaban J connectivity index is 0.954. The molecule has 15 rings (SSSR count). The van der Waals surface area contributed by atoms with Gasteiger partial charge in [-0.1, -0.05) is 140 Å². The summed E-state index contributed by atoms with van der Waals surface area (Å²) in [6.07, 6.45) is 0. The molecule has 0 saturated carbocycles. The van der Waals surface area contributed by atoms with Crippen molar-refractivity contribution >= 4 is 110 Å². The number of anilines is 6. The maximum Gasteiger partial charge on any atom is 0.0542 e. The number of aromatic nitrogens is 3. The van der Waals surface area contributed by atoms with Gasteiger partial charge in [-0.3, -0.25) is 0 Å². The van der Waals surface area contributed by atoms with Crippen molar-refractivity contribution in [3.8, 4) is 17.1 Å². The second-order valence-corrected chi connectivity index (χ2v) is 19.4. The van der Waals surface area contributed by atoms with Gasteiger partial charge in [-0.05, 0) is 156 Å². The Hall–Kier alpha value is -10.1. The topological polar surface area (TPSA) is 21.3 Å². The predicted molar refractivity (Wildman–Crippen MR) is 316 cm³/mol. The van der Waals surface area contributed by atoms with Gasteiger partial charge in [-0.15, -0.1) is 0 Å². The lowest BCUT2D eigenvalue weighted by molar-refractivity contribution is 1.18. The van der Waals surface area contributed by atoms with Gasteiger partial charge < -0.3 is 23.5 Å². The van der Waals surface area contributed by atoms with Gasteiger partial charge >= 0.3 is 0 Å². The lowest BCUT2D eigenvalue weighted by atomic mass is 10.1. The van der Waals surface area contributed by atoms with Crippen LogP contribution < -0.4 is 9.80 Å². The highest BCUT2D eigenvalue weighted by Crippen LogP contribution is 2.45. The van der Waals surface area contributed by atoms with Gasteiger partial charge in [0.05, 0.1) is 33.1 Å². The van der Waals surface area contributed by atoms with Gasteiger partial charge in [0, 0.05) is 83.5 Å². The first-order valence-corrected chi connectivity index (χ1v) is 25.7. The van der Waals surface area contributed by atoms with Gasteiger partial charge in [-0.2, -0.15) is 0 Å². The van der Waals surface area contributed by atoms with Crippen LogP contribution in [0.25, 0.3) is 93.3 Å². The van der Waals surface area contributed by atoms with E-state index in [1.54, 1.807) is 0 Å². The molecule has 0 aliphatic carbocycles. The summed E-state index contributed by atoms with van der Waals surface area (Å²) < 4.78 is 7.21. The number of para-hydroxylation sites is 6. The predicted octanol–water partition coefficient (Wildman–Crippen LogP) is 19.1. The molecule has 352 valence electrons. The van der Waals surface area contributed by atoms with Crippen molar-refractivity contribution in [2.24, 2.45) is 0 Å². The largest absolute Gasteiger partial charge is 0.310 e. The van der Waals surface area contributed by atoms with Crippen LogP contribution in [0.5, 0.6) is 0 Å². The first-order valence-electron chi connectivity index (χ1n) is 25.7. The van der Waals surface area contributed by atoms with Crippen molar-refractivity contribution in [3.05, 3.63) is 285 Å². The first kappa shape index (κ1) is 42.6. The van der Waals surface area contributed by atoms with Crippen molar-refractivity contribution in [1.29, 1.82) is 0 Å². The van der Waals surface area contributed by atoms with Crippen molar-refractivity contribution in [3.63, 3.8) is 0 Å². The van der Waals surface area contributed by atoms with E-state index in [-0.39, 0.29) is 0 Å². The van der Waals surface area contributed by atoms with Crippen LogP contribution in [0.4, 0.5) is 34.1 Å². The molecule has 0 fully saturated rings. The zero-order valence-corrected chi connectivity index (χ0v) is 40.9. The molecule has 0 N–H and O–H groups in total. The minimum absolute atomic E-state index is 1.07. The van der Waals surface area contributed by atoms with Crippen LogP contribution >= 0.6 is 0 Å². The Labute approximate surface area is 433 Å². The second-order valence-electron chi connectivity index (χ2n) is 19.4.